The summed E-state index contributed by atoms with van der Waals surface area (Å²) in [6.07, 6.45) is 0. The zero-order valence-electron chi connectivity index (χ0n) is 10.8. The Bertz CT molecular complexity index is 690. The number of hydrogen-bond acceptors (Lipinski definition) is 6. The maximum absolute atomic E-state index is 11.1. The third kappa shape index (κ3) is 2.85. The summed E-state index contributed by atoms with van der Waals surface area (Å²) in [5.41, 5.74) is 7.27. The molecule has 0 radical (unpaired) electrons. The average molecular weight is 338 g/mol. The van der Waals surface area contributed by atoms with Gasteiger partial charge in [0.15, 0.2) is 0 Å². The second kappa shape index (κ2) is 5.41. The Morgan fingerprint density at radius 3 is 2.70 bits per heavy atom. The fourth-order valence-electron chi connectivity index (χ4n) is 1.76. The first-order valence-corrected chi connectivity index (χ1v) is 6.49. The molecule has 7 nitrogen and oxygen atoms in total. The number of hydrogen-bond donors (Lipinski definition) is 2. The van der Waals surface area contributed by atoms with Gasteiger partial charge >= 0.3 is 5.69 Å². The molecule has 3 N–H and O–H groups in total. The Balaban J connectivity index is 2.53. The van der Waals surface area contributed by atoms with Gasteiger partial charge in [0, 0.05) is 4.47 Å². The van der Waals surface area contributed by atoms with Gasteiger partial charge in [-0.05, 0) is 47.5 Å². The molecule has 0 amide bonds. The minimum absolute atomic E-state index is 0.0145. The number of nitrogens with zero attached hydrogens (tertiary/aromatic N) is 3. The number of nitrogens with two attached hydrogens (primary N) is 1. The second-order valence-corrected chi connectivity index (χ2v) is 5.08. The fraction of sp³-hybridized carbons (Fsp3) is 0.167. The highest BCUT2D eigenvalue weighted by Crippen LogP contribution is 2.32. The van der Waals surface area contributed by atoms with Gasteiger partial charge in [0.25, 0.3) is 0 Å². The van der Waals surface area contributed by atoms with Gasteiger partial charge in [-0.1, -0.05) is 6.07 Å². The molecule has 0 saturated heterocycles. The molecular formula is C12H12BrN5O2. The van der Waals surface area contributed by atoms with Crippen molar-refractivity contribution in [2.24, 2.45) is 0 Å². The Morgan fingerprint density at radius 1 is 1.35 bits per heavy atom. The highest BCUT2D eigenvalue weighted by atomic mass is 79.9. The number of nitrogen functional groups attached to an aromatic ring is 1. The fourth-order valence-corrected chi connectivity index (χ4v) is 2.10. The molecule has 0 fully saturated rings. The zero-order valence-corrected chi connectivity index (χ0v) is 12.4. The third-order valence-electron chi connectivity index (χ3n) is 2.63. The summed E-state index contributed by atoms with van der Waals surface area (Å²) >= 11 is 3.38. The van der Waals surface area contributed by atoms with E-state index in [1.165, 1.54) is 6.92 Å². The van der Waals surface area contributed by atoms with Crippen molar-refractivity contribution in [2.45, 2.75) is 13.8 Å². The van der Waals surface area contributed by atoms with Crippen LogP contribution in [-0.4, -0.2) is 14.9 Å². The first kappa shape index (κ1) is 14.2. The van der Waals surface area contributed by atoms with Crippen molar-refractivity contribution >= 4 is 39.1 Å². The smallest absolute Gasteiger partial charge is 0.332 e. The quantitative estimate of drug-likeness (QED) is 0.658. The van der Waals surface area contributed by atoms with Gasteiger partial charge in [-0.25, -0.2) is 4.98 Å². The molecule has 20 heavy (non-hydrogen) atoms. The van der Waals surface area contributed by atoms with Crippen molar-refractivity contribution in [2.75, 3.05) is 11.1 Å². The molecule has 1 aromatic carbocycles. The number of benzene rings is 1. The average Bonchev–Trinajstić information content (AvgIpc) is 2.32. The van der Waals surface area contributed by atoms with E-state index in [1.54, 1.807) is 0 Å². The van der Waals surface area contributed by atoms with Gasteiger partial charge in [0.1, 0.15) is 5.69 Å². The van der Waals surface area contributed by atoms with E-state index in [0.717, 1.165) is 10.0 Å². The number of anilines is 3. The molecule has 0 saturated carbocycles. The van der Waals surface area contributed by atoms with Crippen molar-refractivity contribution in [1.82, 2.24) is 9.97 Å². The van der Waals surface area contributed by atoms with Crippen LogP contribution in [-0.2, 0) is 0 Å². The summed E-state index contributed by atoms with van der Waals surface area (Å²) in [6, 6.07) is 5.62. The van der Waals surface area contributed by atoms with Crippen LogP contribution < -0.4 is 11.1 Å². The van der Waals surface area contributed by atoms with Gasteiger partial charge in [0.2, 0.25) is 11.8 Å². The van der Waals surface area contributed by atoms with Crippen molar-refractivity contribution in [1.29, 1.82) is 0 Å². The number of halogens is 1. The lowest BCUT2D eigenvalue weighted by Crippen LogP contribution is -2.07. The van der Waals surface area contributed by atoms with Crippen LogP contribution in [0.1, 0.15) is 11.3 Å². The van der Waals surface area contributed by atoms with Crippen LogP contribution >= 0.6 is 15.9 Å². The van der Waals surface area contributed by atoms with Crippen LogP contribution in [0.25, 0.3) is 0 Å². The highest BCUT2D eigenvalue weighted by Gasteiger charge is 2.22. The van der Waals surface area contributed by atoms with Crippen LogP contribution in [0.15, 0.2) is 22.7 Å². The minimum atomic E-state index is -0.527. The number of rotatable bonds is 3. The van der Waals surface area contributed by atoms with Crippen molar-refractivity contribution in [3.8, 4) is 0 Å². The Hall–Kier alpha value is -2.22. The van der Waals surface area contributed by atoms with Crippen LogP contribution in [0, 0.1) is 24.0 Å². The van der Waals surface area contributed by atoms with Gasteiger partial charge < -0.3 is 11.1 Å². The maximum Gasteiger partial charge on any atom is 0.332 e. The lowest BCUT2D eigenvalue weighted by atomic mass is 10.2. The normalized spacial score (nSPS) is 10.3. The number of aryl methyl sites for hydroxylation is 2. The molecule has 0 aliphatic heterocycles. The predicted octanol–water partition coefficient (Wildman–Crippen LogP) is 3.09. The molecule has 2 aromatic rings. The lowest BCUT2D eigenvalue weighted by molar-refractivity contribution is -0.385. The number of nitrogens with one attached hydrogen (secondary N) is 1. The minimum Gasteiger partial charge on any atom is -0.368 e. The molecule has 2 rings (SSSR count). The van der Waals surface area contributed by atoms with Crippen LogP contribution in [0.4, 0.5) is 23.1 Å². The summed E-state index contributed by atoms with van der Waals surface area (Å²) in [6.45, 7) is 3.44. The van der Waals surface area contributed by atoms with Crippen LogP contribution in [0.5, 0.6) is 0 Å². The molecule has 0 bridgehead atoms. The molecule has 0 spiro atoms. The standard InChI is InChI=1S/C12H12BrN5O2/c1-6-3-4-8(13)9(5-6)16-11-10(18(19)20)7(2)15-12(14)17-11/h3-5H,1-2H3,(H3,14,15,16,17). The van der Waals surface area contributed by atoms with E-state index in [9.17, 15) is 10.1 Å². The summed E-state index contributed by atoms with van der Waals surface area (Å²) in [5.74, 6) is 0.0608. The van der Waals surface area contributed by atoms with Gasteiger partial charge in [0.05, 0.1) is 10.6 Å². The number of nitro groups is 1. The summed E-state index contributed by atoms with van der Waals surface area (Å²) in [4.78, 5) is 18.3. The lowest BCUT2D eigenvalue weighted by Gasteiger charge is -2.10. The first-order valence-electron chi connectivity index (χ1n) is 5.70. The molecule has 1 heterocycles. The first-order chi connectivity index (χ1) is 9.38. The Labute approximate surface area is 123 Å². The monoisotopic (exact) mass is 337 g/mol. The van der Waals surface area contributed by atoms with Gasteiger partial charge in [-0.15, -0.1) is 0 Å². The van der Waals surface area contributed by atoms with Crippen molar-refractivity contribution in [3.05, 3.63) is 44.0 Å². The van der Waals surface area contributed by atoms with Crippen molar-refractivity contribution < 1.29 is 4.92 Å². The SMILES string of the molecule is Cc1ccc(Br)c(Nc2nc(N)nc(C)c2[N+](=O)[O-])c1. The predicted molar refractivity (Wildman–Crippen MR) is 80.0 cm³/mol. The van der Waals surface area contributed by atoms with Gasteiger partial charge in [-0.3, -0.25) is 10.1 Å². The topological polar surface area (TPSA) is 107 Å². The highest BCUT2D eigenvalue weighted by molar-refractivity contribution is 9.10. The Morgan fingerprint density at radius 2 is 2.05 bits per heavy atom. The maximum atomic E-state index is 11.1. The summed E-state index contributed by atoms with van der Waals surface area (Å²) < 4.78 is 0.771. The molecule has 8 heteroatoms. The van der Waals surface area contributed by atoms with Crippen LogP contribution in [0.3, 0.4) is 0 Å². The van der Waals surface area contributed by atoms with E-state index in [2.05, 4.69) is 31.2 Å². The van der Waals surface area contributed by atoms with E-state index in [1.807, 2.05) is 25.1 Å². The molecular weight excluding hydrogens is 326 g/mol. The van der Waals surface area contributed by atoms with E-state index in [4.69, 9.17) is 5.73 Å². The molecule has 0 unspecified atom stereocenters. The van der Waals surface area contributed by atoms with Crippen molar-refractivity contribution in [3.63, 3.8) is 0 Å². The second-order valence-electron chi connectivity index (χ2n) is 4.23. The molecule has 104 valence electrons. The summed E-state index contributed by atoms with van der Waals surface area (Å²) in [5, 5.41) is 14.1. The zero-order chi connectivity index (χ0) is 14.9. The van der Waals surface area contributed by atoms with Crippen LogP contribution in [0.2, 0.25) is 0 Å². The van der Waals surface area contributed by atoms with E-state index >= 15 is 0 Å². The van der Waals surface area contributed by atoms with E-state index in [0.29, 0.717) is 5.69 Å². The number of aromatic nitrogens is 2. The van der Waals surface area contributed by atoms with Gasteiger partial charge in [-0.2, -0.15) is 4.98 Å². The summed E-state index contributed by atoms with van der Waals surface area (Å²) in [7, 11) is 0. The van der Waals surface area contributed by atoms with E-state index < -0.39 is 4.92 Å². The third-order valence-corrected chi connectivity index (χ3v) is 3.32. The molecule has 1 aromatic heterocycles. The van der Waals surface area contributed by atoms with E-state index in [-0.39, 0.29) is 23.1 Å². The molecule has 0 atom stereocenters. The largest absolute Gasteiger partial charge is 0.368 e. The molecule has 0 aliphatic carbocycles. The Kier molecular flexibility index (Phi) is 3.84. The molecule has 0 aliphatic rings.